The number of thioether (sulfide) groups is 1. The zero-order valence-corrected chi connectivity index (χ0v) is 15.4. The van der Waals surface area contributed by atoms with Gasteiger partial charge in [0, 0.05) is 5.69 Å². The van der Waals surface area contributed by atoms with Gasteiger partial charge in [0.2, 0.25) is 5.91 Å². The number of carbonyl (C=O) groups excluding carboxylic acids is 1. The number of aromatic nitrogens is 3. The van der Waals surface area contributed by atoms with E-state index in [4.69, 9.17) is 5.73 Å². The van der Waals surface area contributed by atoms with Crippen molar-refractivity contribution in [3.63, 3.8) is 0 Å². The van der Waals surface area contributed by atoms with E-state index in [2.05, 4.69) is 26.3 Å². The van der Waals surface area contributed by atoms with E-state index in [-0.39, 0.29) is 22.9 Å². The Kier molecular flexibility index (Phi) is 4.74. The SMILES string of the molecule is N#Cc1c(SCC(=O)Nc2ccccc2)nc2nc3ccccc3nc2c1N. The van der Waals surface area contributed by atoms with Gasteiger partial charge in [-0.15, -0.1) is 0 Å². The van der Waals surface area contributed by atoms with Gasteiger partial charge >= 0.3 is 0 Å². The van der Waals surface area contributed by atoms with Crippen molar-refractivity contribution in [2.45, 2.75) is 5.03 Å². The molecule has 0 aliphatic heterocycles. The number of anilines is 2. The van der Waals surface area contributed by atoms with Crippen molar-refractivity contribution in [3.8, 4) is 6.07 Å². The number of nitrogens with zero attached hydrogens (tertiary/aromatic N) is 4. The van der Waals surface area contributed by atoms with E-state index in [9.17, 15) is 10.1 Å². The van der Waals surface area contributed by atoms with E-state index in [0.717, 1.165) is 11.8 Å². The molecule has 0 aliphatic carbocycles. The number of para-hydroxylation sites is 3. The second-order valence-corrected chi connectivity index (χ2v) is 6.87. The van der Waals surface area contributed by atoms with E-state index in [1.54, 1.807) is 12.1 Å². The third-order valence-electron chi connectivity index (χ3n) is 4.01. The molecule has 2 heterocycles. The molecule has 0 fully saturated rings. The molecule has 0 saturated heterocycles. The number of rotatable bonds is 4. The Morgan fingerprint density at radius 3 is 2.43 bits per heavy atom. The monoisotopic (exact) mass is 386 g/mol. The van der Waals surface area contributed by atoms with Gasteiger partial charge in [-0.1, -0.05) is 42.1 Å². The molecule has 0 atom stereocenters. The van der Waals surface area contributed by atoms with Gasteiger partial charge in [-0.2, -0.15) is 5.26 Å². The number of hydrogen-bond acceptors (Lipinski definition) is 7. The molecule has 0 unspecified atom stereocenters. The second-order valence-electron chi connectivity index (χ2n) is 5.90. The Bertz CT molecular complexity index is 1240. The molecule has 136 valence electrons. The third kappa shape index (κ3) is 3.43. The Morgan fingerprint density at radius 1 is 1.04 bits per heavy atom. The molecule has 8 heteroatoms. The molecule has 0 radical (unpaired) electrons. The first-order chi connectivity index (χ1) is 13.7. The number of pyridine rings is 1. The molecule has 7 nitrogen and oxygen atoms in total. The quantitative estimate of drug-likeness (QED) is 0.408. The van der Waals surface area contributed by atoms with Crippen LogP contribution in [-0.4, -0.2) is 26.6 Å². The Hall–Kier alpha value is -3.70. The summed E-state index contributed by atoms with van der Waals surface area (Å²) in [5.74, 6) is -0.118. The molecule has 2 aromatic carbocycles. The molecule has 1 amide bonds. The van der Waals surface area contributed by atoms with Crippen LogP contribution in [0.25, 0.3) is 22.2 Å². The molecule has 0 bridgehead atoms. The summed E-state index contributed by atoms with van der Waals surface area (Å²) in [7, 11) is 0. The summed E-state index contributed by atoms with van der Waals surface area (Å²) < 4.78 is 0. The van der Waals surface area contributed by atoms with Gasteiger partial charge in [0.25, 0.3) is 0 Å². The highest BCUT2D eigenvalue weighted by Gasteiger charge is 2.17. The van der Waals surface area contributed by atoms with Crippen LogP contribution in [0.3, 0.4) is 0 Å². The topological polar surface area (TPSA) is 118 Å². The van der Waals surface area contributed by atoms with E-state index < -0.39 is 0 Å². The number of nitrogen functional groups attached to an aromatic ring is 1. The lowest BCUT2D eigenvalue weighted by Gasteiger charge is -2.09. The van der Waals surface area contributed by atoms with Gasteiger partial charge in [0.1, 0.15) is 22.2 Å². The van der Waals surface area contributed by atoms with Gasteiger partial charge in [-0.25, -0.2) is 15.0 Å². The van der Waals surface area contributed by atoms with E-state index in [1.165, 1.54) is 0 Å². The smallest absolute Gasteiger partial charge is 0.234 e. The van der Waals surface area contributed by atoms with Crippen LogP contribution in [0.1, 0.15) is 5.56 Å². The Morgan fingerprint density at radius 2 is 1.71 bits per heavy atom. The van der Waals surface area contributed by atoms with Crippen molar-refractivity contribution in [2.75, 3.05) is 16.8 Å². The van der Waals surface area contributed by atoms with Crippen LogP contribution in [0.2, 0.25) is 0 Å². The van der Waals surface area contributed by atoms with Crippen LogP contribution in [0, 0.1) is 11.3 Å². The summed E-state index contributed by atoms with van der Waals surface area (Å²) in [6.45, 7) is 0. The molecular weight excluding hydrogens is 372 g/mol. The van der Waals surface area contributed by atoms with Crippen LogP contribution in [0.15, 0.2) is 59.6 Å². The first-order valence-electron chi connectivity index (χ1n) is 8.39. The molecule has 0 saturated carbocycles. The van der Waals surface area contributed by atoms with E-state index in [1.807, 2.05) is 42.5 Å². The van der Waals surface area contributed by atoms with Crippen molar-refractivity contribution < 1.29 is 4.79 Å². The first-order valence-corrected chi connectivity index (χ1v) is 9.38. The van der Waals surface area contributed by atoms with Crippen molar-refractivity contribution in [1.82, 2.24) is 15.0 Å². The fourth-order valence-corrected chi connectivity index (χ4v) is 3.49. The number of hydrogen-bond donors (Lipinski definition) is 2. The molecule has 4 rings (SSSR count). The number of carbonyl (C=O) groups is 1. The maximum absolute atomic E-state index is 12.2. The number of amides is 1. The molecule has 28 heavy (non-hydrogen) atoms. The average molecular weight is 386 g/mol. The summed E-state index contributed by atoms with van der Waals surface area (Å²) >= 11 is 1.14. The number of nitriles is 1. The van der Waals surface area contributed by atoms with Gasteiger partial charge < -0.3 is 11.1 Å². The molecule has 0 spiro atoms. The Balaban J connectivity index is 1.65. The molecule has 4 aromatic rings. The molecule has 3 N–H and O–H groups in total. The lowest BCUT2D eigenvalue weighted by molar-refractivity contribution is -0.113. The van der Waals surface area contributed by atoms with Crippen molar-refractivity contribution in [2.24, 2.45) is 0 Å². The lowest BCUT2D eigenvalue weighted by Crippen LogP contribution is -2.14. The largest absolute Gasteiger partial charge is 0.396 e. The number of benzene rings is 2. The van der Waals surface area contributed by atoms with Gasteiger partial charge in [-0.3, -0.25) is 4.79 Å². The van der Waals surface area contributed by atoms with Crippen LogP contribution in [0.4, 0.5) is 11.4 Å². The number of nitrogens with one attached hydrogen (secondary N) is 1. The minimum Gasteiger partial charge on any atom is -0.396 e. The van der Waals surface area contributed by atoms with Crippen LogP contribution >= 0.6 is 11.8 Å². The highest BCUT2D eigenvalue weighted by atomic mass is 32.2. The zero-order valence-electron chi connectivity index (χ0n) is 14.6. The van der Waals surface area contributed by atoms with Gasteiger partial charge in [0.15, 0.2) is 5.65 Å². The summed E-state index contributed by atoms with van der Waals surface area (Å²) in [5, 5.41) is 12.7. The third-order valence-corrected chi connectivity index (χ3v) is 4.98. The second kappa shape index (κ2) is 7.50. The maximum atomic E-state index is 12.2. The highest BCUT2D eigenvalue weighted by Crippen LogP contribution is 2.30. The van der Waals surface area contributed by atoms with E-state index >= 15 is 0 Å². The van der Waals surface area contributed by atoms with Crippen LogP contribution in [-0.2, 0) is 4.79 Å². The maximum Gasteiger partial charge on any atom is 0.234 e. The van der Waals surface area contributed by atoms with Gasteiger partial charge in [-0.05, 0) is 24.3 Å². The van der Waals surface area contributed by atoms with Crippen molar-refractivity contribution >= 4 is 51.2 Å². The lowest BCUT2D eigenvalue weighted by atomic mass is 10.2. The van der Waals surface area contributed by atoms with E-state index in [0.29, 0.717) is 32.9 Å². The zero-order chi connectivity index (χ0) is 19.5. The summed E-state index contributed by atoms with van der Waals surface area (Å²) in [6, 6.07) is 18.6. The summed E-state index contributed by atoms with van der Waals surface area (Å²) in [5.41, 5.74) is 9.39. The van der Waals surface area contributed by atoms with Gasteiger partial charge in [0.05, 0.1) is 22.5 Å². The molecular formula is C20H14N6OS. The minimum absolute atomic E-state index is 0.0858. The predicted molar refractivity (Wildman–Crippen MR) is 110 cm³/mol. The molecule has 0 aliphatic rings. The molecule has 2 aromatic heterocycles. The average Bonchev–Trinajstić information content (AvgIpc) is 2.72. The minimum atomic E-state index is -0.204. The van der Waals surface area contributed by atoms with Crippen molar-refractivity contribution in [3.05, 3.63) is 60.2 Å². The number of nitrogens with two attached hydrogens (primary N) is 1. The van der Waals surface area contributed by atoms with Crippen molar-refractivity contribution in [1.29, 1.82) is 5.26 Å². The fraction of sp³-hybridized carbons (Fsp3) is 0.0500. The highest BCUT2D eigenvalue weighted by molar-refractivity contribution is 8.00. The first kappa shape index (κ1) is 17.7. The number of fused-ring (bicyclic) bond motifs is 2. The van der Waals surface area contributed by atoms with Crippen LogP contribution in [0.5, 0.6) is 0 Å². The Labute approximate surface area is 164 Å². The summed E-state index contributed by atoms with van der Waals surface area (Å²) in [6.07, 6.45) is 0. The standard InChI is InChI=1S/C20H14N6OS/c21-10-13-17(22)18-19(25-15-9-5-4-8-14(15)24-18)26-20(13)28-11-16(27)23-12-6-2-1-3-7-12/h1-9H,11H2,(H,23,27)(H2,22,25,26). The normalized spacial score (nSPS) is 10.7. The van der Waals surface area contributed by atoms with Crippen LogP contribution < -0.4 is 11.1 Å². The predicted octanol–water partition coefficient (Wildman–Crippen LogP) is 3.36. The summed E-state index contributed by atoms with van der Waals surface area (Å²) in [4.78, 5) is 25.6. The fourth-order valence-electron chi connectivity index (χ4n) is 2.70.